The molecule has 3 aromatic rings. The van der Waals surface area contributed by atoms with Gasteiger partial charge in [0.05, 0.1) is 70.9 Å². The van der Waals surface area contributed by atoms with Crippen LogP contribution in [0.25, 0.3) is 10.9 Å². The molecule has 0 spiro atoms. The molecule has 0 aliphatic carbocycles. The van der Waals surface area contributed by atoms with Crippen LogP contribution in [0.1, 0.15) is 84.4 Å². The predicted molar refractivity (Wildman–Crippen MR) is 481 cm³/mol. The van der Waals surface area contributed by atoms with E-state index in [9.17, 15) is 122 Å². The number of H-pyrrole nitrogens is 2. The van der Waals surface area contributed by atoms with E-state index >= 15 is 0 Å². The van der Waals surface area contributed by atoms with Crippen molar-refractivity contribution >= 4 is 135 Å². The number of thioether (sulfide) groups is 1. The standard InChI is InChI=1S/C83H132N24O25S/c1-52(2)37-61(81(130)95-59(77(85)126)15-36-133-6)96-82(131)63(39-56-41-86-51-91-56)94-66(110)42-90-83(132)76(53(3)4)98-78(127)54(5)92-80(129)62(38-55-40-89-58-10-8-7-9-57(55)58)97-79(128)60(11-12-64(84)108)93-65(109)13-14-69(113)107(18-16-87-67(111)43-99-20-24-101(45-70(114)115)28-32-105(49-74(122)123)33-29-102(25-21-99)46-71(116)117)19-17-88-68(112)44-100-22-26-103(47-72(118)119)30-34-106(50-75(124)125)35-31-104(27-23-100)48-73(120)121/h7-10,40-41,51-54,59-63,76,89H,11-39,42-50H2,1-6H3,(H2,84,108)(H2,85,126)(H,86,91)(H,87,111)(H,88,112)(H,90,132)(H,92,129)(H,93,109)(H,94,110)(H,95,130)(H,96,131)(H,97,128)(H,98,127)(H,114,115)(H,116,117)(H,118,119)(H,120,121)(H,122,123)(H,124,125)/t54-,59-,60-,61-,62-,63-,76-/m0/s1. The summed E-state index contributed by atoms with van der Waals surface area (Å²) in [6.45, 7) is 4.74. The SMILES string of the molecule is CSCC[C@H](NC(=O)[C@H](CC(C)C)NC(=O)[C@H](Cc1c[nH]cn1)NC(=O)CNC(=O)[C@@H](NC(=O)[C@H](C)NC(=O)[C@H](Cc1c[nH]c2ccccc12)NC(=O)[C@H](CCC(N)=O)NC(=O)CCC(=O)N(CCNC(=O)CN1CCN(CC(=O)O)CCN(CC(=O)O)CCN(CC(=O)O)CC1)CCNC(=O)CN1CCN(CC(=O)O)CCN(CC(=O)O)CCN(CC(=O)O)CC1)C(C)C)C(N)=O. The highest BCUT2D eigenvalue weighted by molar-refractivity contribution is 7.98. The Bertz CT molecular complexity index is 4220. The minimum Gasteiger partial charge on any atom is -0.480 e. The highest BCUT2D eigenvalue weighted by atomic mass is 32.2. The van der Waals surface area contributed by atoms with Crippen LogP contribution in [0.2, 0.25) is 0 Å². The Labute approximate surface area is 773 Å². The van der Waals surface area contributed by atoms with Crippen LogP contribution in [0.3, 0.4) is 0 Å². The molecule has 2 fully saturated rings. The third kappa shape index (κ3) is 44.3. The fraction of sp³-hybridized carbons (Fsp3) is 0.639. The second-order valence-corrected chi connectivity index (χ2v) is 34.4. The number of fused-ring (bicyclic) bond motifs is 1. The van der Waals surface area contributed by atoms with Crippen LogP contribution in [-0.2, 0) is 104 Å². The third-order valence-electron chi connectivity index (χ3n) is 21.8. The monoisotopic (exact) mass is 1900 g/mol. The van der Waals surface area contributed by atoms with Crippen molar-refractivity contribution in [3.05, 3.63) is 54.2 Å². The van der Waals surface area contributed by atoms with Gasteiger partial charge in [0.2, 0.25) is 76.8 Å². The number of para-hydroxylation sites is 1. The molecule has 133 heavy (non-hydrogen) atoms. The van der Waals surface area contributed by atoms with Crippen LogP contribution in [0.5, 0.6) is 0 Å². The van der Waals surface area contributed by atoms with Gasteiger partial charge in [-0.05, 0) is 61.7 Å². The molecule has 0 bridgehead atoms. The molecule has 0 radical (unpaired) electrons. The number of primary amides is 2. The number of amides is 13. The fourth-order valence-electron chi connectivity index (χ4n) is 14.6. The molecule has 22 N–H and O–H groups in total. The van der Waals surface area contributed by atoms with Crippen LogP contribution >= 0.6 is 11.8 Å². The lowest BCUT2D eigenvalue weighted by molar-refractivity contribution is -0.140. The first-order chi connectivity index (χ1) is 63.0. The summed E-state index contributed by atoms with van der Waals surface area (Å²) < 4.78 is 0. The quantitative estimate of drug-likeness (QED) is 0.0250. The Morgan fingerprint density at radius 2 is 0.850 bits per heavy atom. The van der Waals surface area contributed by atoms with Gasteiger partial charge in [0.25, 0.3) is 0 Å². The van der Waals surface area contributed by atoms with Gasteiger partial charge in [-0.2, -0.15) is 11.8 Å². The van der Waals surface area contributed by atoms with Gasteiger partial charge >= 0.3 is 35.8 Å². The summed E-state index contributed by atoms with van der Waals surface area (Å²) in [5, 5.41) is 85.1. The van der Waals surface area contributed by atoms with E-state index in [0.717, 1.165) is 0 Å². The summed E-state index contributed by atoms with van der Waals surface area (Å²) in [5.74, 6) is -17.9. The number of aliphatic carboxylic acids is 6. The lowest BCUT2D eigenvalue weighted by Crippen LogP contribution is -2.59. The number of nitrogens with two attached hydrogens (primary N) is 2. The third-order valence-corrected chi connectivity index (χ3v) is 22.4. The number of nitrogens with one attached hydrogen (secondary N) is 12. The van der Waals surface area contributed by atoms with Crippen LogP contribution < -0.4 is 64.6 Å². The maximum atomic E-state index is 14.7. The molecule has 2 aromatic heterocycles. The Kier molecular flexibility index (Phi) is 49.2. The first kappa shape index (κ1) is 111. The van der Waals surface area contributed by atoms with Gasteiger partial charge in [-0.3, -0.25) is 130 Å². The van der Waals surface area contributed by atoms with Crippen molar-refractivity contribution in [3.8, 4) is 0 Å². The molecule has 7 atom stereocenters. The zero-order chi connectivity index (χ0) is 98.4. The highest BCUT2D eigenvalue weighted by Crippen LogP contribution is 2.21. The number of carboxylic acid groups (broad SMARTS) is 6. The largest absolute Gasteiger partial charge is 0.480 e. The lowest BCUT2D eigenvalue weighted by Gasteiger charge is -2.33. The molecule has 2 aliphatic heterocycles. The van der Waals surface area contributed by atoms with Gasteiger partial charge in [0.15, 0.2) is 0 Å². The molecule has 2 aliphatic rings. The summed E-state index contributed by atoms with van der Waals surface area (Å²) in [6.07, 6.45) is 3.93. The number of carbonyl (C=O) groups excluding carboxylic acids is 13. The molecular weight excluding hydrogens is 1770 g/mol. The summed E-state index contributed by atoms with van der Waals surface area (Å²) in [7, 11) is 0. The fourth-order valence-corrected chi connectivity index (χ4v) is 15.1. The van der Waals surface area contributed by atoms with E-state index in [2.05, 4.69) is 68.1 Å². The Morgan fingerprint density at radius 1 is 0.436 bits per heavy atom. The number of aromatic nitrogens is 3. The van der Waals surface area contributed by atoms with Crippen molar-refractivity contribution in [1.29, 1.82) is 0 Å². The van der Waals surface area contributed by atoms with Crippen molar-refractivity contribution < 1.29 is 122 Å². The zero-order valence-corrected chi connectivity index (χ0v) is 76.9. The van der Waals surface area contributed by atoms with Crippen molar-refractivity contribution in [3.63, 3.8) is 0 Å². The molecule has 1 aromatic carbocycles. The summed E-state index contributed by atoms with van der Waals surface area (Å²) in [5.41, 5.74) is 12.6. The first-order valence-corrected chi connectivity index (χ1v) is 45.3. The number of carboxylic acids is 6. The average molecular weight is 1900 g/mol. The smallest absolute Gasteiger partial charge is 0.317 e. The molecule has 50 heteroatoms. The number of hydrogen-bond acceptors (Lipinski definition) is 29. The molecule has 4 heterocycles. The Hall–Kier alpha value is -12.1. The van der Waals surface area contributed by atoms with Crippen molar-refractivity contribution in [1.82, 2.24) is 112 Å². The average Bonchev–Trinajstić information content (AvgIpc) is 1.47. The van der Waals surface area contributed by atoms with Gasteiger partial charge in [-0.25, -0.2) is 4.98 Å². The molecular formula is C83H132N24O25S. The van der Waals surface area contributed by atoms with Crippen LogP contribution in [0.4, 0.5) is 0 Å². The molecule has 740 valence electrons. The lowest BCUT2D eigenvalue weighted by atomic mass is 10.0. The van der Waals surface area contributed by atoms with Gasteiger partial charge in [-0.1, -0.05) is 45.9 Å². The maximum Gasteiger partial charge on any atom is 0.317 e. The maximum absolute atomic E-state index is 14.7. The van der Waals surface area contributed by atoms with Gasteiger partial charge in [0, 0.05) is 186 Å². The number of rotatable bonds is 54. The Morgan fingerprint density at radius 3 is 1.27 bits per heavy atom. The number of aromatic amines is 2. The van der Waals surface area contributed by atoms with Gasteiger partial charge in [-0.15, -0.1) is 0 Å². The molecule has 49 nitrogen and oxygen atoms in total. The normalized spacial score (nSPS) is 16.5. The summed E-state index contributed by atoms with van der Waals surface area (Å²) >= 11 is 1.43. The summed E-state index contributed by atoms with van der Waals surface area (Å²) in [4.78, 5) is 276. The van der Waals surface area contributed by atoms with E-state index in [1.54, 1.807) is 83.5 Å². The van der Waals surface area contributed by atoms with Crippen molar-refractivity contribution in [2.45, 2.75) is 128 Å². The molecule has 2 saturated heterocycles. The van der Waals surface area contributed by atoms with E-state index in [1.807, 2.05) is 20.1 Å². The number of nitrogens with zero attached hydrogens (tertiary/aromatic N) is 10. The second kappa shape index (κ2) is 58.7. The number of carbonyl (C=O) groups is 19. The van der Waals surface area contributed by atoms with Crippen LogP contribution in [0.15, 0.2) is 43.0 Å². The first-order valence-electron chi connectivity index (χ1n) is 43.9. The molecule has 5 rings (SSSR count). The van der Waals surface area contributed by atoms with Gasteiger partial charge in [0.1, 0.15) is 42.3 Å². The summed E-state index contributed by atoms with van der Waals surface area (Å²) in [6, 6.07) is -2.67. The topological polar surface area (TPSA) is 692 Å². The van der Waals surface area contributed by atoms with E-state index in [1.165, 1.54) is 36.1 Å². The molecule has 0 unspecified atom stereocenters. The number of hydrogen-bond donors (Lipinski definition) is 20. The van der Waals surface area contributed by atoms with Crippen LogP contribution in [0, 0.1) is 11.8 Å². The van der Waals surface area contributed by atoms with Crippen LogP contribution in [-0.4, -0.2) is 446 Å². The Balaban J connectivity index is 1.35. The predicted octanol–water partition coefficient (Wildman–Crippen LogP) is -7.80. The van der Waals surface area contributed by atoms with Crippen molar-refractivity contribution in [2.24, 2.45) is 23.3 Å². The molecule has 0 saturated carbocycles. The number of imidazole rings is 1. The minimum atomic E-state index is -1.64. The highest BCUT2D eigenvalue weighted by Gasteiger charge is 2.36. The second-order valence-electron chi connectivity index (χ2n) is 33.4. The number of benzene rings is 1. The van der Waals surface area contributed by atoms with Crippen molar-refractivity contribution in [2.75, 3.05) is 202 Å². The van der Waals surface area contributed by atoms with Gasteiger partial charge < -0.3 is 110 Å². The van der Waals surface area contributed by atoms with E-state index < -0.39 is 232 Å². The van der Waals surface area contributed by atoms with E-state index in [-0.39, 0.29) is 176 Å². The molecule has 13 amide bonds. The zero-order valence-electron chi connectivity index (χ0n) is 76.1. The van der Waals surface area contributed by atoms with E-state index in [0.29, 0.717) is 27.9 Å². The van der Waals surface area contributed by atoms with E-state index in [4.69, 9.17) is 11.5 Å². The minimum absolute atomic E-state index is 0.0854.